The first-order chi connectivity index (χ1) is 21.7. The van der Waals surface area contributed by atoms with E-state index in [-0.39, 0.29) is 11.8 Å². The van der Waals surface area contributed by atoms with E-state index in [1.54, 1.807) is 12.4 Å². The monoisotopic (exact) mass is 576 g/mol. The Morgan fingerprint density at radius 3 is 1.23 bits per heavy atom. The molecule has 0 saturated carbocycles. The van der Waals surface area contributed by atoms with Crippen molar-refractivity contribution < 1.29 is 14.3 Å². The number of hydrogen-bond donors (Lipinski definition) is 0. The topological polar surface area (TPSA) is 61.3 Å². The highest BCUT2D eigenvalue weighted by Gasteiger charge is 2.16. The molecule has 0 radical (unpaired) electrons. The normalized spacial score (nSPS) is 10.7. The summed E-state index contributed by atoms with van der Waals surface area (Å²) < 4.78 is 11.2. The second kappa shape index (κ2) is 14.1. The molecule has 6 rings (SSSR count). The predicted octanol–water partition coefficient (Wildman–Crippen LogP) is 8.96. The summed E-state index contributed by atoms with van der Waals surface area (Å²) in [6, 6.07) is 45.2. The van der Waals surface area contributed by atoms with Crippen LogP contribution in [0, 0.1) is 0 Å². The average Bonchev–Trinajstić information content (AvgIpc) is 3.09. The van der Waals surface area contributed by atoms with Gasteiger partial charge >= 0.3 is 6.16 Å². The van der Waals surface area contributed by atoms with Gasteiger partial charge in [-0.05, 0) is 71.2 Å². The Morgan fingerprint density at radius 1 is 0.432 bits per heavy atom. The fraction of sp³-hybridized carbons (Fsp3) is 0.103. The largest absolute Gasteiger partial charge is 0.522 e. The maximum Gasteiger partial charge on any atom is 0.522 e. The first-order valence-electron chi connectivity index (χ1n) is 14.8. The van der Waals surface area contributed by atoms with E-state index < -0.39 is 6.16 Å². The van der Waals surface area contributed by atoms with Gasteiger partial charge in [0.2, 0.25) is 11.8 Å². The van der Waals surface area contributed by atoms with Gasteiger partial charge in [-0.3, -0.25) is 0 Å². The zero-order valence-corrected chi connectivity index (χ0v) is 24.3. The summed E-state index contributed by atoms with van der Waals surface area (Å²) in [5.41, 5.74) is 8.77. The summed E-state index contributed by atoms with van der Waals surface area (Å²) in [5, 5.41) is 0. The van der Waals surface area contributed by atoms with Crippen molar-refractivity contribution in [3.8, 4) is 34.0 Å². The highest BCUT2D eigenvalue weighted by atomic mass is 16.7. The quantitative estimate of drug-likeness (QED) is 0.152. The van der Waals surface area contributed by atoms with Crippen molar-refractivity contribution in [2.45, 2.75) is 25.7 Å². The molecule has 216 valence electrons. The van der Waals surface area contributed by atoms with Crippen LogP contribution < -0.4 is 9.47 Å². The number of ether oxygens (including phenoxy) is 2. The van der Waals surface area contributed by atoms with Crippen LogP contribution in [0.25, 0.3) is 22.3 Å². The van der Waals surface area contributed by atoms with Crippen molar-refractivity contribution in [2.24, 2.45) is 0 Å². The highest BCUT2D eigenvalue weighted by Crippen LogP contribution is 2.24. The van der Waals surface area contributed by atoms with E-state index in [0.717, 1.165) is 24.0 Å². The number of benzene rings is 4. The lowest BCUT2D eigenvalue weighted by molar-refractivity contribution is 0.147. The lowest BCUT2D eigenvalue weighted by atomic mass is 10.0. The Labute approximate surface area is 257 Å². The molecule has 0 bridgehead atoms. The number of carbonyl (C=O) groups is 1. The third-order valence-electron chi connectivity index (χ3n) is 7.55. The standard InChI is InChI=1S/C39H32N2O3/c42-39(43-37-35(13-7-27-40-37)25-19-29-15-21-33(22-16-29)31-9-3-1-4-10-31)44-38-36(14-8-28-41-38)26-20-30-17-23-34(24-18-30)32-11-5-2-6-12-32/h1-18,21-24,27-28H,19-20,25-26H2. The molecule has 0 atom stereocenters. The number of aromatic nitrogens is 2. The molecule has 0 fully saturated rings. The molecule has 44 heavy (non-hydrogen) atoms. The van der Waals surface area contributed by atoms with Gasteiger partial charge in [-0.2, -0.15) is 0 Å². The first kappa shape index (κ1) is 28.6. The number of aryl methyl sites for hydroxylation is 4. The van der Waals surface area contributed by atoms with Gasteiger partial charge in [-0.15, -0.1) is 0 Å². The number of hydrogen-bond acceptors (Lipinski definition) is 5. The molecule has 0 aliphatic heterocycles. The molecule has 0 saturated heterocycles. The molecule has 5 heteroatoms. The first-order valence-corrected chi connectivity index (χ1v) is 14.8. The fourth-order valence-corrected chi connectivity index (χ4v) is 5.14. The van der Waals surface area contributed by atoms with E-state index in [9.17, 15) is 4.79 Å². The van der Waals surface area contributed by atoms with Crippen molar-refractivity contribution in [3.63, 3.8) is 0 Å². The van der Waals surface area contributed by atoms with Gasteiger partial charge in [0.25, 0.3) is 0 Å². The zero-order chi connectivity index (χ0) is 30.0. The summed E-state index contributed by atoms with van der Waals surface area (Å²) in [6.45, 7) is 0. The van der Waals surface area contributed by atoms with Gasteiger partial charge in [-0.25, -0.2) is 14.8 Å². The SMILES string of the molecule is O=C(Oc1ncccc1CCc1ccc(-c2ccccc2)cc1)Oc1ncccc1CCc1ccc(-c2ccccc2)cc1. The Balaban J connectivity index is 1.05. The van der Waals surface area contributed by atoms with E-state index in [2.05, 4.69) is 82.8 Å². The van der Waals surface area contributed by atoms with Gasteiger partial charge < -0.3 is 9.47 Å². The number of pyridine rings is 2. The minimum atomic E-state index is -0.857. The molecule has 0 amide bonds. The Bertz CT molecular complexity index is 1670. The Morgan fingerprint density at radius 2 is 0.818 bits per heavy atom. The van der Waals surface area contributed by atoms with Crippen LogP contribution >= 0.6 is 0 Å². The van der Waals surface area contributed by atoms with Gasteiger partial charge in [0, 0.05) is 23.5 Å². The lowest BCUT2D eigenvalue weighted by Gasteiger charge is -2.11. The summed E-state index contributed by atoms with van der Waals surface area (Å²) in [4.78, 5) is 21.5. The molecule has 0 N–H and O–H groups in total. The Kier molecular flexibility index (Phi) is 9.14. The summed E-state index contributed by atoms with van der Waals surface area (Å²) >= 11 is 0. The van der Waals surface area contributed by atoms with Crippen molar-refractivity contribution in [1.29, 1.82) is 0 Å². The smallest absolute Gasteiger partial charge is 0.375 e. The molecule has 0 aliphatic carbocycles. The number of carbonyl (C=O) groups excluding carboxylic acids is 1. The van der Waals surface area contributed by atoms with Crippen molar-refractivity contribution in [2.75, 3.05) is 0 Å². The van der Waals surface area contributed by atoms with E-state index in [1.165, 1.54) is 33.4 Å². The van der Waals surface area contributed by atoms with Crippen LogP contribution in [0.15, 0.2) is 146 Å². The molecule has 6 aromatic rings. The predicted molar refractivity (Wildman–Crippen MR) is 174 cm³/mol. The molecular weight excluding hydrogens is 544 g/mol. The van der Waals surface area contributed by atoms with E-state index in [1.807, 2.05) is 60.7 Å². The minimum Gasteiger partial charge on any atom is -0.375 e. The van der Waals surface area contributed by atoms with Gasteiger partial charge in [0.1, 0.15) is 0 Å². The molecule has 2 aromatic heterocycles. The van der Waals surface area contributed by atoms with Crippen LogP contribution in [0.2, 0.25) is 0 Å². The van der Waals surface area contributed by atoms with E-state index >= 15 is 0 Å². The second-order valence-electron chi connectivity index (χ2n) is 10.5. The van der Waals surface area contributed by atoms with Gasteiger partial charge in [0.05, 0.1) is 0 Å². The number of nitrogens with zero attached hydrogens (tertiary/aromatic N) is 2. The highest BCUT2D eigenvalue weighted by molar-refractivity contribution is 5.67. The molecule has 4 aromatic carbocycles. The molecule has 2 heterocycles. The molecule has 5 nitrogen and oxygen atoms in total. The molecular formula is C39H32N2O3. The van der Waals surface area contributed by atoms with Crippen LogP contribution in [0.5, 0.6) is 11.8 Å². The molecule has 0 aliphatic rings. The van der Waals surface area contributed by atoms with Crippen LogP contribution in [-0.2, 0) is 25.7 Å². The van der Waals surface area contributed by atoms with E-state index in [0.29, 0.717) is 12.8 Å². The maximum atomic E-state index is 12.9. The third kappa shape index (κ3) is 7.44. The van der Waals surface area contributed by atoms with E-state index in [4.69, 9.17) is 9.47 Å². The molecule has 0 unspecified atom stereocenters. The summed E-state index contributed by atoms with van der Waals surface area (Å²) in [5.74, 6) is 0.490. The van der Waals surface area contributed by atoms with Crippen molar-refractivity contribution >= 4 is 6.16 Å². The fourth-order valence-electron chi connectivity index (χ4n) is 5.14. The maximum absolute atomic E-state index is 12.9. The number of rotatable bonds is 10. The summed E-state index contributed by atoms with van der Waals surface area (Å²) in [6.07, 6.45) is 5.25. The zero-order valence-electron chi connectivity index (χ0n) is 24.3. The molecule has 0 spiro atoms. The second-order valence-corrected chi connectivity index (χ2v) is 10.5. The van der Waals surface area contributed by atoms with Crippen molar-refractivity contribution in [3.05, 3.63) is 168 Å². The summed E-state index contributed by atoms with van der Waals surface area (Å²) in [7, 11) is 0. The van der Waals surface area contributed by atoms with Crippen LogP contribution in [0.4, 0.5) is 4.79 Å². The van der Waals surface area contributed by atoms with Crippen LogP contribution in [-0.4, -0.2) is 16.1 Å². The third-order valence-corrected chi connectivity index (χ3v) is 7.55. The Hall–Kier alpha value is -5.55. The van der Waals surface area contributed by atoms with Gasteiger partial charge in [0.15, 0.2) is 0 Å². The van der Waals surface area contributed by atoms with Crippen LogP contribution in [0.1, 0.15) is 22.3 Å². The van der Waals surface area contributed by atoms with Crippen LogP contribution in [0.3, 0.4) is 0 Å². The van der Waals surface area contributed by atoms with Gasteiger partial charge in [-0.1, -0.05) is 121 Å². The lowest BCUT2D eigenvalue weighted by Crippen LogP contribution is -2.17. The van der Waals surface area contributed by atoms with Crippen molar-refractivity contribution in [1.82, 2.24) is 9.97 Å². The average molecular weight is 577 g/mol. The minimum absolute atomic E-state index is 0.245.